The first kappa shape index (κ1) is 24.0. The SMILES string of the molecule is Cc1c(-c2cc3ccc(-c4ccc5cn[nH]c5c4F)cc3n2CC2CC2)nn2cc(C(=O)N3CC4CC5CC3[C@H]54)ccc12. The average molecular weight is 571 g/mol. The van der Waals surface area contributed by atoms with Crippen molar-refractivity contribution in [2.75, 3.05) is 6.54 Å². The quantitative estimate of drug-likeness (QED) is 0.247. The Balaban J connectivity index is 1.07. The lowest BCUT2D eigenvalue weighted by Crippen LogP contribution is -2.53. The molecule has 3 unspecified atom stereocenters. The Labute approximate surface area is 247 Å². The molecule has 4 atom stereocenters. The lowest BCUT2D eigenvalue weighted by molar-refractivity contribution is -0.0204. The molecule has 4 aliphatic rings. The van der Waals surface area contributed by atoms with Crippen LogP contribution in [-0.4, -0.2) is 47.8 Å². The molecule has 6 aromatic rings. The van der Waals surface area contributed by atoms with Gasteiger partial charge in [0.25, 0.3) is 5.91 Å². The smallest absolute Gasteiger partial charge is 0.255 e. The standard InChI is InChI=1S/C35H31FN6O/c1-18-27-9-7-23(35(43)41-16-25-10-24-13-29(41)31(24)25)17-42(27)39-33(18)30-12-21-5-4-20(11-28(21)40(30)15-19-2-3-19)26-8-6-22-14-37-38-34(22)32(26)36/h4-9,11-12,14,17,19,24-25,29,31H,2-3,10,13,15-16H2,1H3,(H,37,38)/t24?,25?,29?,31-/m1/s1. The number of aromatic nitrogens is 5. The largest absolute Gasteiger partial charge is 0.339 e. The summed E-state index contributed by atoms with van der Waals surface area (Å²) in [7, 11) is 0. The summed E-state index contributed by atoms with van der Waals surface area (Å²) in [5.74, 6) is 2.84. The molecule has 1 N–H and O–H groups in total. The molecule has 43 heavy (non-hydrogen) atoms. The van der Waals surface area contributed by atoms with Gasteiger partial charge in [-0.3, -0.25) is 9.89 Å². The number of hydrogen-bond donors (Lipinski definition) is 1. The lowest BCUT2D eigenvalue weighted by atomic mass is 9.53. The second-order valence-corrected chi connectivity index (χ2v) is 13.4. The van der Waals surface area contributed by atoms with Crippen molar-refractivity contribution in [3.8, 4) is 22.5 Å². The maximum atomic E-state index is 15.5. The molecule has 2 aromatic carbocycles. The van der Waals surface area contributed by atoms with Crippen molar-refractivity contribution < 1.29 is 9.18 Å². The molecule has 1 aliphatic heterocycles. The predicted octanol–water partition coefficient (Wildman–Crippen LogP) is 6.84. The first-order valence-electron chi connectivity index (χ1n) is 15.6. The van der Waals surface area contributed by atoms with Crippen LogP contribution in [0.2, 0.25) is 0 Å². The van der Waals surface area contributed by atoms with Gasteiger partial charge in [-0.05, 0) is 86.1 Å². The van der Waals surface area contributed by atoms with E-state index in [2.05, 4.69) is 44.8 Å². The van der Waals surface area contributed by atoms with Crippen LogP contribution in [0.25, 0.3) is 49.8 Å². The molecule has 0 radical (unpaired) electrons. The molecule has 5 heterocycles. The highest BCUT2D eigenvalue weighted by atomic mass is 19.1. The van der Waals surface area contributed by atoms with E-state index >= 15 is 4.39 Å². The second kappa shape index (κ2) is 8.34. The van der Waals surface area contributed by atoms with Crippen molar-refractivity contribution in [2.24, 2.45) is 23.7 Å². The van der Waals surface area contributed by atoms with Crippen LogP contribution >= 0.6 is 0 Å². The summed E-state index contributed by atoms with van der Waals surface area (Å²) in [5, 5.41) is 13.8. The summed E-state index contributed by atoms with van der Waals surface area (Å²) in [4.78, 5) is 15.7. The molecule has 0 bridgehead atoms. The van der Waals surface area contributed by atoms with Gasteiger partial charge in [0, 0.05) is 52.7 Å². The van der Waals surface area contributed by atoms with E-state index in [0.717, 1.165) is 69.2 Å². The minimum atomic E-state index is -0.282. The topological polar surface area (TPSA) is 71.2 Å². The molecule has 214 valence electrons. The zero-order valence-corrected chi connectivity index (χ0v) is 23.9. The monoisotopic (exact) mass is 570 g/mol. The van der Waals surface area contributed by atoms with Crippen molar-refractivity contribution in [3.63, 3.8) is 0 Å². The summed E-state index contributed by atoms with van der Waals surface area (Å²) in [6.45, 7) is 3.93. The Kier molecular flexibility index (Phi) is 4.66. The number of hydrogen-bond acceptors (Lipinski definition) is 3. The van der Waals surface area contributed by atoms with Crippen molar-refractivity contribution in [2.45, 2.75) is 45.2 Å². The predicted molar refractivity (Wildman–Crippen MR) is 163 cm³/mol. The Morgan fingerprint density at radius 3 is 2.74 bits per heavy atom. The summed E-state index contributed by atoms with van der Waals surface area (Å²) >= 11 is 0. The Morgan fingerprint density at radius 2 is 1.91 bits per heavy atom. The number of aryl methyl sites for hydroxylation is 1. The van der Waals surface area contributed by atoms with Gasteiger partial charge in [-0.15, -0.1) is 0 Å². The first-order chi connectivity index (χ1) is 21.0. The van der Waals surface area contributed by atoms with Crippen LogP contribution in [0.3, 0.4) is 0 Å². The molecule has 8 heteroatoms. The molecule has 1 amide bonds. The van der Waals surface area contributed by atoms with E-state index in [0.29, 0.717) is 34.5 Å². The van der Waals surface area contributed by atoms with Gasteiger partial charge >= 0.3 is 0 Å². The maximum Gasteiger partial charge on any atom is 0.255 e. The maximum absolute atomic E-state index is 15.5. The highest BCUT2D eigenvalue weighted by Crippen LogP contribution is 2.60. The number of fused-ring (bicyclic) bond motifs is 3. The van der Waals surface area contributed by atoms with Crippen LogP contribution in [0.1, 0.15) is 41.6 Å². The molecule has 3 saturated carbocycles. The van der Waals surface area contributed by atoms with Crippen LogP contribution in [-0.2, 0) is 6.54 Å². The van der Waals surface area contributed by atoms with Gasteiger partial charge in [0.05, 0.1) is 23.0 Å². The molecule has 4 fully saturated rings. The number of carbonyl (C=O) groups excluding carboxylic acids is 1. The number of pyridine rings is 1. The molecular weight excluding hydrogens is 539 g/mol. The third kappa shape index (κ3) is 3.32. The number of carbonyl (C=O) groups is 1. The highest BCUT2D eigenvalue weighted by molar-refractivity contribution is 5.96. The summed E-state index contributed by atoms with van der Waals surface area (Å²) < 4.78 is 19.8. The zero-order valence-electron chi connectivity index (χ0n) is 23.9. The Hall–Kier alpha value is -4.46. The zero-order chi connectivity index (χ0) is 28.6. The normalized spacial score (nSPS) is 24.1. The number of rotatable bonds is 5. The van der Waals surface area contributed by atoms with Crippen LogP contribution < -0.4 is 0 Å². The average Bonchev–Trinajstić information content (AvgIpc) is 3.41. The highest BCUT2D eigenvalue weighted by Gasteiger charge is 2.61. The van der Waals surface area contributed by atoms with Crippen LogP contribution in [0, 0.1) is 36.4 Å². The number of amides is 1. The Morgan fingerprint density at radius 1 is 1.02 bits per heavy atom. The fourth-order valence-corrected chi connectivity index (χ4v) is 8.48. The van der Waals surface area contributed by atoms with E-state index in [1.54, 1.807) is 6.20 Å². The first-order valence-corrected chi connectivity index (χ1v) is 15.6. The molecule has 1 saturated heterocycles. The van der Waals surface area contributed by atoms with E-state index in [9.17, 15) is 4.79 Å². The van der Waals surface area contributed by atoms with Gasteiger partial charge in [-0.1, -0.05) is 24.3 Å². The van der Waals surface area contributed by atoms with Gasteiger partial charge in [0.15, 0.2) is 5.82 Å². The molecule has 0 spiro atoms. The fourth-order valence-electron chi connectivity index (χ4n) is 8.48. The van der Waals surface area contributed by atoms with Gasteiger partial charge in [-0.2, -0.15) is 10.2 Å². The van der Waals surface area contributed by atoms with E-state index in [1.807, 2.05) is 41.0 Å². The van der Waals surface area contributed by atoms with Crippen molar-refractivity contribution in [3.05, 3.63) is 77.9 Å². The number of halogens is 1. The fraction of sp³-hybridized carbons (Fsp3) is 0.343. The van der Waals surface area contributed by atoms with E-state index in [4.69, 9.17) is 5.10 Å². The van der Waals surface area contributed by atoms with E-state index in [1.165, 1.54) is 25.7 Å². The van der Waals surface area contributed by atoms with Gasteiger partial charge in [0.1, 0.15) is 11.2 Å². The summed E-state index contributed by atoms with van der Waals surface area (Å²) in [6, 6.07) is 16.6. The summed E-state index contributed by atoms with van der Waals surface area (Å²) in [6.07, 6.45) is 8.49. The minimum absolute atomic E-state index is 0.144. The number of benzene rings is 2. The van der Waals surface area contributed by atoms with Crippen LogP contribution in [0.15, 0.2) is 60.9 Å². The third-order valence-corrected chi connectivity index (χ3v) is 11.0. The van der Waals surface area contributed by atoms with Gasteiger partial charge < -0.3 is 9.47 Å². The second-order valence-electron chi connectivity index (χ2n) is 13.4. The van der Waals surface area contributed by atoms with Crippen LogP contribution in [0.5, 0.6) is 0 Å². The molecule has 10 rings (SSSR count). The number of nitrogens with zero attached hydrogens (tertiary/aromatic N) is 5. The number of likely N-dealkylation sites (tertiary alicyclic amines) is 1. The van der Waals surface area contributed by atoms with E-state index in [-0.39, 0.29) is 11.7 Å². The molecule has 3 aliphatic carbocycles. The number of nitrogens with one attached hydrogen (secondary N) is 1. The van der Waals surface area contributed by atoms with Crippen molar-refractivity contribution in [1.29, 1.82) is 0 Å². The summed E-state index contributed by atoms with van der Waals surface area (Å²) in [5.41, 5.74) is 7.72. The van der Waals surface area contributed by atoms with E-state index < -0.39 is 0 Å². The lowest BCUT2D eigenvalue weighted by Gasteiger charge is -2.52. The number of aromatic amines is 1. The molecule has 7 nitrogen and oxygen atoms in total. The Bertz CT molecular complexity index is 2150. The van der Waals surface area contributed by atoms with Gasteiger partial charge in [0.2, 0.25) is 0 Å². The molecular formula is C35H31FN6O. The minimum Gasteiger partial charge on any atom is -0.339 e. The number of H-pyrrole nitrogens is 1. The van der Waals surface area contributed by atoms with Crippen molar-refractivity contribution >= 4 is 33.2 Å². The third-order valence-electron chi connectivity index (χ3n) is 11.0. The molecule has 4 aromatic heterocycles. The van der Waals surface area contributed by atoms with Crippen LogP contribution in [0.4, 0.5) is 4.39 Å². The van der Waals surface area contributed by atoms with Crippen molar-refractivity contribution in [1.82, 2.24) is 29.3 Å². The van der Waals surface area contributed by atoms with Gasteiger partial charge in [-0.25, -0.2) is 8.91 Å².